The highest BCUT2D eigenvalue weighted by atomic mass is 32.2. The number of amides is 1. The van der Waals surface area contributed by atoms with Crippen molar-refractivity contribution >= 4 is 15.7 Å². The van der Waals surface area contributed by atoms with Crippen LogP contribution in [-0.2, 0) is 14.6 Å². The Labute approximate surface area is 109 Å². The van der Waals surface area contributed by atoms with Gasteiger partial charge in [0, 0.05) is 19.1 Å². The van der Waals surface area contributed by atoms with Crippen molar-refractivity contribution in [3.8, 4) is 0 Å². The number of carbonyl (C=O) groups is 1. The van der Waals surface area contributed by atoms with Crippen LogP contribution in [0.5, 0.6) is 0 Å². The number of hydrogen-bond donors (Lipinski definition) is 1. The van der Waals surface area contributed by atoms with E-state index in [0.29, 0.717) is 6.54 Å². The van der Waals surface area contributed by atoms with Gasteiger partial charge in [-0.15, -0.1) is 0 Å². The molecular formula is C12H22N2O3S. The van der Waals surface area contributed by atoms with Crippen molar-refractivity contribution in [2.75, 3.05) is 31.1 Å². The number of hydrogen-bond acceptors (Lipinski definition) is 4. The monoisotopic (exact) mass is 274 g/mol. The van der Waals surface area contributed by atoms with Crippen LogP contribution in [0.1, 0.15) is 26.7 Å². The van der Waals surface area contributed by atoms with Crippen LogP contribution in [0, 0.1) is 5.41 Å². The molecule has 18 heavy (non-hydrogen) atoms. The fourth-order valence-electron chi connectivity index (χ4n) is 2.98. The van der Waals surface area contributed by atoms with E-state index in [-0.39, 0.29) is 28.9 Å². The van der Waals surface area contributed by atoms with Gasteiger partial charge in [-0.25, -0.2) is 8.42 Å². The van der Waals surface area contributed by atoms with Gasteiger partial charge < -0.3 is 10.2 Å². The summed E-state index contributed by atoms with van der Waals surface area (Å²) in [6.45, 7) is 5.82. The van der Waals surface area contributed by atoms with E-state index < -0.39 is 9.84 Å². The van der Waals surface area contributed by atoms with E-state index in [0.717, 1.165) is 25.9 Å². The zero-order valence-corrected chi connectivity index (χ0v) is 11.9. The Morgan fingerprint density at radius 2 is 2.22 bits per heavy atom. The average Bonchev–Trinajstić information content (AvgIpc) is 2.76. The van der Waals surface area contributed by atoms with Gasteiger partial charge in [-0.2, -0.15) is 0 Å². The molecule has 0 spiro atoms. The van der Waals surface area contributed by atoms with Crippen LogP contribution >= 0.6 is 0 Å². The maximum Gasteiger partial charge on any atom is 0.230 e. The smallest absolute Gasteiger partial charge is 0.230 e. The molecular weight excluding hydrogens is 252 g/mol. The minimum Gasteiger partial charge on any atom is -0.337 e. The number of carbonyl (C=O) groups excluding carboxylic acids is 1. The first-order chi connectivity index (χ1) is 8.40. The van der Waals surface area contributed by atoms with Crippen molar-refractivity contribution in [2.24, 2.45) is 5.41 Å². The standard InChI is InChI=1S/C12H22N2O3S/c1-3-12(4-5-13-9-12)11(15)14-6-7-18(16,17)8-10(14)2/h10,13H,3-9H2,1-2H3. The maximum atomic E-state index is 12.7. The highest BCUT2D eigenvalue weighted by molar-refractivity contribution is 7.91. The molecule has 2 fully saturated rings. The van der Waals surface area contributed by atoms with Gasteiger partial charge in [0.2, 0.25) is 5.91 Å². The second kappa shape index (κ2) is 4.81. The molecule has 2 aliphatic rings. The second-order valence-electron chi connectivity index (χ2n) is 5.52. The van der Waals surface area contributed by atoms with E-state index in [4.69, 9.17) is 0 Å². The van der Waals surface area contributed by atoms with E-state index in [9.17, 15) is 13.2 Å². The molecule has 0 aromatic rings. The third kappa shape index (κ3) is 2.40. The number of nitrogens with zero attached hydrogens (tertiary/aromatic N) is 1. The SMILES string of the molecule is CCC1(C(=O)N2CCS(=O)(=O)CC2C)CCNC1. The van der Waals surface area contributed by atoms with Gasteiger partial charge in [-0.1, -0.05) is 6.92 Å². The molecule has 104 valence electrons. The normalized spacial score (nSPS) is 35.7. The fraction of sp³-hybridized carbons (Fsp3) is 0.917. The topological polar surface area (TPSA) is 66.5 Å². The Hall–Kier alpha value is -0.620. The Morgan fingerprint density at radius 1 is 1.50 bits per heavy atom. The molecule has 5 nitrogen and oxygen atoms in total. The number of rotatable bonds is 2. The van der Waals surface area contributed by atoms with Gasteiger partial charge in [0.05, 0.1) is 16.9 Å². The lowest BCUT2D eigenvalue weighted by atomic mass is 9.82. The summed E-state index contributed by atoms with van der Waals surface area (Å²) < 4.78 is 23.1. The van der Waals surface area contributed by atoms with Crippen LogP contribution in [0.3, 0.4) is 0 Å². The van der Waals surface area contributed by atoms with Gasteiger partial charge in [0.15, 0.2) is 9.84 Å². The van der Waals surface area contributed by atoms with E-state index in [1.54, 1.807) is 4.90 Å². The Bertz CT molecular complexity index is 427. The molecule has 0 aromatic carbocycles. The van der Waals surface area contributed by atoms with Crippen molar-refractivity contribution in [2.45, 2.75) is 32.7 Å². The predicted octanol–water partition coefficient (Wildman–Crippen LogP) is 0.0216. The minimum atomic E-state index is -2.96. The summed E-state index contributed by atoms with van der Waals surface area (Å²) in [4.78, 5) is 14.4. The molecule has 2 saturated heterocycles. The van der Waals surface area contributed by atoms with Crippen LogP contribution in [0.2, 0.25) is 0 Å². The first-order valence-electron chi connectivity index (χ1n) is 6.62. The van der Waals surface area contributed by atoms with Gasteiger partial charge in [-0.05, 0) is 26.3 Å². The predicted molar refractivity (Wildman–Crippen MR) is 70.0 cm³/mol. The third-order valence-electron chi connectivity index (χ3n) is 4.31. The molecule has 2 aliphatic heterocycles. The third-order valence-corrected chi connectivity index (χ3v) is 6.10. The molecule has 2 unspecified atom stereocenters. The Morgan fingerprint density at radius 3 is 2.72 bits per heavy atom. The van der Waals surface area contributed by atoms with Crippen LogP contribution < -0.4 is 5.32 Å². The largest absolute Gasteiger partial charge is 0.337 e. The summed E-state index contributed by atoms with van der Waals surface area (Å²) in [6.07, 6.45) is 1.67. The molecule has 0 aliphatic carbocycles. The highest BCUT2D eigenvalue weighted by Gasteiger charge is 2.44. The van der Waals surface area contributed by atoms with Gasteiger partial charge in [-0.3, -0.25) is 4.79 Å². The fourth-order valence-corrected chi connectivity index (χ4v) is 4.54. The van der Waals surface area contributed by atoms with E-state index in [1.165, 1.54) is 0 Å². The minimum absolute atomic E-state index is 0.103. The van der Waals surface area contributed by atoms with Crippen LogP contribution in [0.15, 0.2) is 0 Å². The van der Waals surface area contributed by atoms with E-state index >= 15 is 0 Å². The summed E-state index contributed by atoms with van der Waals surface area (Å²) in [5, 5.41) is 3.25. The van der Waals surface area contributed by atoms with Gasteiger partial charge in [0.1, 0.15) is 0 Å². The molecule has 2 heterocycles. The second-order valence-corrected chi connectivity index (χ2v) is 7.75. The zero-order valence-electron chi connectivity index (χ0n) is 11.1. The summed E-state index contributed by atoms with van der Waals surface area (Å²) in [5.41, 5.74) is -0.310. The van der Waals surface area contributed by atoms with E-state index in [2.05, 4.69) is 5.32 Å². The molecule has 1 amide bonds. The lowest BCUT2D eigenvalue weighted by Crippen LogP contribution is -2.55. The van der Waals surface area contributed by atoms with E-state index in [1.807, 2.05) is 13.8 Å². The number of sulfone groups is 1. The van der Waals surface area contributed by atoms with Crippen molar-refractivity contribution in [1.29, 1.82) is 0 Å². The van der Waals surface area contributed by atoms with Crippen LogP contribution in [-0.4, -0.2) is 56.4 Å². The van der Waals surface area contributed by atoms with Crippen molar-refractivity contribution in [1.82, 2.24) is 10.2 Å². The Kier molecular flexibility index (Phi) is 3.69. The first-order valence-corrected chi connectivity index (χ1v) is 8.44. The molecule has 0 radical (unpaired) electrons. The van der Waals surface area contributed by atoms with Gasteiger partial charge >= 0.3 is 0 Å². The van der Waals surface area contributed by atoms with Crippen LogP contribution in [0.4, 0.5) is 0 Å². The summed E-state index contributed by atoms with van der Waals surface area (Å²) in [5.74, 6) is 0.347. The summed E-state index contributed by atoms with van der Waals surface area (Å²) in [7, 11) is -2.96. The maximum absolute atomic E-state index is 12.7. The van der Waals surface area contributed by atoms with Crippen molar-refractivity contribution in [3.63, 3.8) is 0 Å². The lowest BCUT2D eigenvalue weighted by molar-refractivity contribution is -0.143. The molecule has 6 heteroatoms. The average molecular weight is 274 g/mol. The zero-order chi connectivity index (χ0) is 13.4. The van der Waals surface area contributed by atoms with Crippen molar-refractivity contribution < 1.29 is 13.2 Å². The summed E-state index contributed by atoms with van der Waals surface area (Å²) >= 11 is 0. The molecule has 2 rings (SSSR count). The lowest BCUT2D eigenvalue weighted by Gasteiger charge is -2.39. The molecule has 2 atom stereocenters. The molecule has 1 N–H and O–H groups in total. The van der Waals surface area contributed by atoms with Crippen molar-refractivity contribution in [3.05, 3.63) is 0 Å². The number of nitrogens with one attached hydrogen (secondary N) is 1. The molecule has 0 saturated carbocycles. The molecule has 0 aromatic heterocycles. The highest BCUT2D eigenvalue weighted by Crippen LogP contribution is 2.33. The first kappa shape index (κ1) is 13.8. The quantitative estimate of drug-likeness (QED) is 0.771. The van der Waals surface area contributed by atoms with Gasteiger partial charge in [0.25, 0.3) is 0 Å². The van der Waals surface area contributed by atoms with Crippen LogP contribution in [0.25, 0.3) is 0 Å². The molecule has 0 bridgehead atoms. The summed E-state index contributed by atoms with van der Waals surface area (Å²) in [6, 6.07) is -0.194. The Balaban J connectivity index is 2.14.